The molecule has 0 amide bonds. The zero-order chi connectivity index (χ0) is 46.8. The SMILES string of the molecule is c1ccc(N(c2ccccc2)c2cc(-c3cccc(-n4c5ccccc5c5c6oc7c(ccc8c7c7ccccc7n8-c7ccccc7)c6ccc54)c3)cc(N(c3ccccc3)c3ccccc3)c2)cc1. The van der Waals surface area contributed by atoms with Gasteiger partial charge in [0.05, 0.1) is 32.8 Å². The molecule has 0 aliphatic heterocycles. The van der Waals surface area contributed by atoms with Crippen molar-refractivity contribution in [3.63, 3.8) is 0 Å². The minimum absolute atomic E-state index is 0.897. The molecular weight excluding hydrogens is 865 g/mol. The van der Waals surface area contributed by atoms with Crippen LogP contribution in [0.15, 0.2) is 271 Å². The summed E-state index contributed by atoms with van der Waals surface area (Å²) < 4.78 is 12.0. The molecule has 0 saturated carbocycles. The Morgan fingerprint density at radius 2 is 0.648 bits per heavy atom. The quantitative estimate of drug-likeness (QED) is 0.145. The molecule has 14 aromatic rings. The lowest BCUT2D eigenvalue weighted by Crippen LogP contribution is -2.13. The zero-order valence-corrected chi connectivity index (χ0v) is 38.6. The van der Waals surface area contributed by atoms with E-state index in [2.05, 4.69) is 286 Å². The number of hydrogen-bond acceptors (Lipinski definition) is 3. The van der Waals surface area contributed by atoms with Crippen LogP contribution in [-0.2, 0) is 0 Å². The second-order valence-corrected chi connectivity index (χ2v) is 18.1. The summed E-state index contributed by atoms with van der Waals surface area (Å²) in [6, 6.07) is 95.6. The van der Waals surface area contributed by atoms with E-state index in [-0.39, 0.29) is 0 Å². The van der Waals surface area contributed by atoms with E-state index in [1.807, 2.05) is 0 Å². The fourth-order valence-electron chi connectivity index (χ4n) is 11.0. The fourth-order valence-corrected chi connectivity index (χ4v) is 11.0. The van der Waals surface area contributed by atoms with Crippen LogP contribution >= 0.6 is 0 Å². The van der Waals surface area contributed by atoms with Gasteiger partial charge in [0.2, 0.25) is 0 Å². The molecule has 3 heterocycles. The molecule has 334 valence electrons. The van der Waals surface area contributed by atoms with E-state index in [9.17, 15) is 0 Å². The van der Waals surface area contributed by atoms with Gasteiger partial charge in [-0.2, -0.15) is 0 Å². The van der Waals surface area contributed by atoms with Gasteiger partial charge in [-0.1, -0.05) is 140 Å². The second-order valence-electron chi connectivity index (χ2n) is 18.1. The number of para-hydroxylation sites is 7. The first-order valence-corrected chi connectivity index (χ1v) is 24.2. The van der Waals surface area contributed by atoms with E-state index in [4.69, 9.17) is 4.42 Å². The van der Waals surface area contributed by atoms with Crippen molar-refractivity contribution >= 4 is 99.7 Å². The molecule has 14 rings (SSSR count). The smallest absolute Gasteiger partial charge is 0.145 e. The van der Waals surface area contributed by atoms with Crippen molar-refractivity contribution in [2.75, 3.05) is 9.80 Å². The lowest BCUT2D eigenvalue weighted by Gasteiger charge is -2.30. The summed E-state index contributed by atoms with van der Waals surface area (Å²) in [5, 5.41) is 6.76. The number of anilines is 6. The van der Waals surface area contributed by atoms with Crippen molar-refractivity contribution < 1.29 is 4.42 Å². The summed E-state index contributed by atoms with van der Waals surface area (Å²) in [5.74, 6) is 0. The minimum Gasteiger partial charge on any atom is -0.455 e. The van der Waals surface area contributed by atoms with Gasteiger partial charge in [0.25, 0.3) is 0 Å². The summed E-state index contributed by atoms with van der Waals surface area (Å²) >= 11 is 0. The van der Waals surface area contributed by atoms with Gasteiger partial charge in [-0.3, -0.25) is 0 Å². The highest BCUT2D eigenvalue weighted by molar-refractivity contribution is 6.29. The van der Waals surface area contributed by atoms with Gasteiger partial charge >= 0.3 is 0 Å². The molecule has 3 aromatic heterocycles. The van der Waals surface area contributed by atoms with Crippen LogP contribution in [0.5, 0.6) is 0 Å². The minimum atomic E-state index is 0.897. The Hall–Kier alpha value is -9.58. The molecule has 0 spiro atoms. The van der Waals surface area contributed by atoms with E-state index in [0.29, 0.717) is 0 Å². The Labute approximate surface area is 410 Å². The van der Waals surface area contributed by atoms with Gasteiger partial charge in [0, 0.05) is 67.0 Å². The number of fused-ring (bicyclic) bond motifs is 11. The van der Waals surface area contributed by atoms with Crippen molar-refractivity contribution in [3.8, 4) is 22.5 Å². The highest BCUT2D eigenvalue weighted by Gasteiger charge is 2.24. The lowest BCUT2D eigenvalue weighted by atomic mass is 10.0. The van der Waals surface area contributed by atoms with Crippen LogP contribution in [0.25, 0.3) is 88.1 Å². The maximum atomic E-state index is 7.27. The van der Waals surface area contributed by atoms with E-state index >= 15 is 0 Å². The highest BCUT2D eigenvalue weighted by Crippen LogP contribution is 2.47. The Morgan fingerprint density at radius 3 is 1.11 bits per heavy atom. The lowest BCUT2D eigenvalue weighted by molar-refractivity contribution is 0.677. The maximum Gasteiger partial charge on any atom is 0.145 e. The van der Waals surface area contributed by atoms with Crippen LogP contribution in [0.2, 0.25) is 0 Å². The van der Waals surface area contributed by atoms with Gasteiger partial charge < -0.3 is 23.4 Å². The molecule has 0 unspecified atom stereocenters. The number of benzene rings is 11. The molecule has 0 aliphatic carbocycles. The molecule has 0 aliphatic rings. The number of furan rings is 1. The largest absolute Gasteiger partial charge is 0.455 e. The molecule has 5 nitrogen and oxygen atoms in total. The van der Waals surface area contributed by atoms with Crippen molar-refractivity contribution in [2.45, 2.75) is 0 Å². The van der Waals surface area contributed by atoms with Gasteiger partial charge in [0.15, 0.2) is 0 Å². The van der Waals surface area contributed by atoms with Crippen LogP contribution in [0, 0.1) is 0 Å². The molecule has 0 N–H and O–H groups in total. The summed E-state index contributed by atoms with van der Waals surface area (Å²) in [6.07, 6.45) is 0. The molecular formula is C66H44N4O. The molecule has 0 atom stereocenters. The normalized spacial score (nSPS) is 11.7. The number of rotatable bonds is 9. The fraction of sp³-hybridized carbons (Fsp3) is 0. The van der Waals surface area contributed by atoms with Crippen LogP contribution in [0.1, 0.15) is 0 Å². The summed E-state index contributed by atoms with van der Waals surface area (Å²) in [4.78, 5) is 4.70. The van der Waals surface area contributed by atoms with E-state index in [1.54, 1.807) is 0 Å². The third-order valence-corrected chi connectivity index (χ3v) is 14.0. The van der Waals surface area contributed by atoms with Gasteiger partial charge in [-0.15, -0.1) is 0 Å². The van der Waals surface area contributed by atoms with Crippen molar-refractivity contribution in [3.05, 3.63) is 267 Å². The molecule has 5 heteroatoms. The Balaban J connectivity index is 0.984. The molecule has 11 aromatic carbocycles. The van der Waals surface area contributed by atoms with E-state index in [1.165, 1.54) is 5.39 Å². The average molecular weight is 909 g/mol. The van der Waals surface area contributed by atoms with Crippen LogP contribution in [0.4, 0.5) is 34.1 Å². The first kappa shape index (κ1) is 40.5. The zero-order valence-electron chi connectivity index (χ0n) is 38.6. The standard InChI is InChI=1S/C66H44N4O/c1-6-22-47(23-7-1)67(48-24-8-2-9-25-48)53-42-46(43-54(44-53)68(49-26-10-3-11-27-49)50-28-12-4-13-29-50)45-21-20-32-52(41-45)70-60-36-19-17-34-58(60)64-62(70)40-38-56-55-37-39-61-63(65(55)71-66(56)64)57-33-16-18-35-59(57)69(61)51-30-14-5-15-31-51/h1-44H. The summed E-state index contributed by atoms with van der Waals surface area (Å²) in [5.41, 5.74) is 17.1. The first-order valence-electron chi connectivity index (χ1n) is 24.2. The number of nitrogens with zero attached hydrogens (tertiary/aromatic N) is 4. The second kappa shape index (κ2) is 16.6. The predicted octanol–water partition coefficient (Wildman–Crippen LogP) is 18.4. The Bertz CT molecular complexity index is 4090. The van der Waals surface area contributed by atoms with Crippen molar-refractivity contribution in [1.29, 1.82) is 0 Å². The van der Waals surface area contributed by atoms with E-state index in [0.717, 1.165) is 117 Å². The molecule has 71 heavy (non-hydrogen) atoms. The van der Waals surface area contributed by atoms with Crippen molar-refractivity contribution in [2.24, 2.45) is 0 Å². The summed E-state index contributed by atoms with van der Waals surface area (Å²) in [7, 11) is 0. The Kier molecular flexibility index (Phi) is 9.46. The molecule has 0 fully saturated rings. The number of aromatic nitrogens is 2. The first-order chi connectivity index (χ1) is 35.2. The van der Waals surface area contributed by atoms with Gasteiger partial charge in [-0.25, -0.2) is 0 Å². The van der Waals surface area contributed by atoms with E-state index < -0.39 is 0 Å². The van der Waals surface area contributed by atoms with Gasteiger partial charge in [0.1, 0.15) is 11.2 Å². The van der Waals surface area contributed by atoms with Crippen LogP contribution in [-0.4, -0.2) is 9.13 Å². The Morgan fingerprint density at radius 1 is 0.254 bits per heavy atom. The monoisotopic (exact) mass is 908 g/mol. The van der Waals surface area contributed by atoms with Gasteiger partial charge in [-0.05, 0) is 139 Å². The molecule has 0 radical (unpaired) electrons. The maximum absolute atomic E-state index is 7.27. The van der Waals surface area contributed by atoms with Crippen LogP contribution < -0.4 is 9.80 Å². The predicted molar refractivity (Wildman–Crippen MR) is 297 cm³/mol. The third-order valence-electron chi connectivity index (χ3n) is 14.0. The highest BCUT2D eigenvalue weighted by atomic mass is 16.3. The summed E-state index contributed by atoms with van der Waals surface area (Å²) in [6.45, 7) is 0. The topological polar surface area (TPSA) is 29.5 Å². The van der Waals surface area contributed by atoms with Crippen molar-refractivity contribution in [1.82, 2.24) is 9.13 Å². The third kappa shape index (κ3) is 6.63. The molecule has 0 saturated heterocycles. The van der Waals surface area contributed by atoms with Crippen LogP contribution in [0.3, 0.4) is 0 Å². The average Bonchev–Trinajstić information content (AvgIpc) is 4.11. The number of hydrogen-bond donors (Lipinski definition) is 0. The molecule has 0 bridgehead atoms.